The van der Waals surface area contributed by atoms with Crippen LogP contribution in [-0.2, 0) is 0 Å². The molecule has 0 aromatic heterocycles. The predicted molar refractivity (Wildman–Crippen MR) is 49.2 cm³/mol. The van der Waals surface area contributed by atoms with Gasteiger partial charge >= 0.3 is 67.9 Å². The van der Waals surface area contributed by atoms with Crippen molar-refractivity contribution in [2.75, 3.05) is 0 Å². The molecule has 1 heterocycles. The zero-order valence-electron chi connectivity index (χ0n) is 6.96. The summed E-state index contributed by atoms with van der Waals surface area (Å²) >= 11 is 0. The van der Waals surface area contributed by atoms with Crippen LogP contribution >= 0.6 is 0 Å². The molecule has 0 saturated heterocycles. The molecular weight excluding hydrogens is 135 g/mol. The van der Waals surface area contributed by atoms with E-state index >= 15 is 0 Å². The van der Waals surface area contributed by atoms with Crippen LogP contribution in [0.2, 0.25) is 0 Å². The van der Waals surface area contributed by atoms with Crippen molar-refractivity contribution in [1.29, 1.82) is 0 Å². The van der Waals surface area contributed by atoms with Crippen molar-refractivity contribution in [1.82, 2.24) is 10.2 Å². The Bertz CT molecular complexity index is 218. The fraction of sp³-hybridized carbons (Fsp3) is 0.375. The normalized spacial score (nSPS) is 17.5. The summed E-state index contributed by atoms with van der Waals surface area (Å²) < 4.78 is 0. The second kappa shape index (κ2) is 2.95. The molecule has 0 aromatic rings. The summed E-state index contributed by atoms with van der Waals surface area (Å²) in [5.74, 6) is 0. The third-order valence-electron chi connectivity index (χ3n) is 1.56. The Morgan fingerprint density at radius 3 is 2.73 bits per heavy atom. The van der Waals surface area contributed by atoms with Crippen LogP contribution < -0.4 is 5.32 Å². The number of nitrogens with one attached hydrogen (secondary N) is 1. The van der Waals surface area contributed by atoms with Crippen molar-refractivity contribution in [2.24, 2.45) is 0 Å². The average molecular weight is 147 g/mol. The van der Waals surface area contributed by atoms with Gasteiger partial charge in [-0.1, -0.05) is 0 Å². The van der Waals surface area contributed by atoms with Gasteiger partial charge in [0.15, 0.2) is 0 Å². The molecule has 0 spiro atoms. The van der Waals surface area contributed by atoms with E-state index in [0.717, 1.165) is 5.70 Å². The van der Waals surface area contributed by atoms with E-state index in [1.54, 1.807) is 0 Å². The fourth-order valence-electron chi connectivity index (χ4n) is 0.972. The Kier molecular flexibility index (Phi) is 2.18. The predicted octanol–water partition coefficient (Wildman–Crippen LogP) is 0.583. The third-order valence-corrected chi connectivity index (χ3v) is 1.56. The zero-order valence-corrected chi connectivity index (χ0v) is 6.96. The molecule has 0 fully saturated rings. The number of hydrogen-bond acceptors (Lipinski definition) is 2. The van der Waals surface area contributed by atoms with Gasteiger partial charge in [0.25, 0.3) is 0 Å². The molecule has 3 heteroatoms. The van der Waals surface area contributed by atoms with Gasteiger partial charge in [0.2, 0.25) is 0 Å². The van der Waals surface area contributed by atoms with Crippen LogP contribution in [0.3, 0.4) is 0 Å². The van der Waals surface area contributed by atoms with Crippen LogP contribution in [0.15, 0.2) is 24.6 Å². The van der Waals surface area contributed by atoms with Crippen LogP contribution in [-0.4, -0.2) is 24.1 Å². The summed E-state index contributed by atoms with van der Waals surface area (Å²) in [6.07, 6.45) is 3.83. The summed E-state index contributed by atoms with van der Waals surface area (Å²) in [4.78, 5) is 1.95. The van der Waals surface area contributed by atoms with Gasteiger partial charge in [0, 0.05) is 0 Å². The molecule has 57 valence electrons. The van der Waals surface area contributed by atoms with Gasteiger partial charge in [-0.2, -0.15) is 0 Å². The Hall–Kier alpha value is -0.985. The van der Waals surface area contributed by atoms with Crippen molar-refractivity contribution in [3.8, 4) is 0 Å². The van der Waals surface area contributed by atoms with Crippen molar-refractivity contribution in [2.45, 2.75) is 19.9 Å². The molecule has 0 amide bonds. The number of rotatable bonds is 1. The zero-order chi connectivity index (χ0) is 8.43. The van der Waals surface area contributed by atoms with Crippen LogP contribution in [0.1, 0.15) is 13.8 Å². The molecule has 0 unspecified atom stereocenters. The van der Waals surface area contributed by atoms with E-state index in [4.69, 9.17) is 7.49 Å². The molecule has 1 radical (unpaired) electrons. The molecular formula is C8H12BN2. The fourth-order valence-corrected chi connectivity index (χ4v) is 0.972. The van der Waals surface area contributed by atoms with E-state index in [0.29, 0.717) is 11.8 Å². The standard InChI is InChI=1S/C8H12BN2/c1-6(2)11-5-4-7(3)10-8(11)9/h4-6,10H,3H2,1-2H3. The van der Waals surface area contributed by atoms with Crippen LogP contribution in [0.4, 0.5) is 0 Å². The van der Waals surface area contributed by atoms with Gasteiger partial charge in [-0.25, -0.2) is 0 Å². The van der Waals surface area contributed by atoms with Crippen molar-refractivity contribution >= 4 is 13.2 Å². The second-order valence-electron chi connectivity index (χ2n) is 2.85. The molecule has 1 aliphatic heterocycles. The monoisotopic (exact) mass is 147 g/mol. The van der Waals surface area contributed by atoms with E-state index in [-0.39, 0.29) is 0 Å². The molecule has 1 N–H and O–H groups in total. The topological polar surface area (TPSA) is 15.3 Å². The third kappa shape index (κ3) is 1.73. The molecule has 0 aliphatic carbocycles. The summed E-state index contributed by atoms with van der Waals surface area (Å²) in [6.45, 7) is 7.89. The average Bonchev–Trinajstić information content (AvgIpc) is 1.85. The molecule has 1 aliphatic rings. The van der Waals surface area contributed by atoms with Gasteiger partial charge in [0.05, 0.1) is 0 Å². The summed E-state index contributed by atoms with van der Waals surface area (Å²) in [6, 6.07) is 0.381. The van der Waals surface area contributed by atoms with Gasteiger partial charge < -0.3 is 0 Å². The Labute approximate surface area is 68.7 Å². The first-order chi connectivity index (χ1) is 5.11. The maximum absolute atomic E-state index is 5.69. The van der Waals surface area contributed by atoms with Crippen LogP contribution in [0, 0.1) is 0 Å². The summed E-state index contributed by atoms with van der Waals surface area (Å²) in [5.41, 5.74) is 1.48. The maximum atomic E-state index is 5.69. The second-order valence-corrected chi connectivity index (χ2v) is 2.85. The van der Waals surface area contributed by atoms with Gasteiger partial charge in [0.1, 0.15) is 0 Å². The van der Waals surface area contributed by atoms with E-state index < -0.39 is 0 Å². The van der Waals surface area contributed by atoms with Crippen LogP contribution in [0.25, 0.3) is 0 Å². The van der Waals surface area contributed by atoms with E-state index in [1.165, 1.54) is 0 Å². The molecule has 0 atom stereocenters. The molecule has 0 saturated carbocycles. The molecule has 11 heavy (non-hydrogen) atoms. The van der Waals surface area contributed by atoms with Crippen LogP contribution in [0.5, 0.6) is 0 Å². The van der Waals surface area contributed by atoms with Crippen molar-refractivity contribution in [3.05, 3.63) is 24.6 Å². The Balaban J connectivity index is 2.76. The first-order valence-corrected chi connectivity index (χ1v) is 3.66. The number of allylic oxidation sites excluding steroid dienone is 1. The molecule has 1 rings (SSSR count). The SMILES string of the molecule is [B]=C1NC(=C)C=CN1C(C)C. The summed E-state index contributed by atoms with van der Waals surface area (Å²) in [5, 5.41) is 2.95. The molecule has 2 nitrogen and oxygen atoms in total. The van der Waals surface area contributed by atoms with Crippen molar-refractivity contribution < 1.29 is 0 Å². The molecule has 0 bridgehead atoms. The first kappa shape index (κ1) is 8.11. The van der Waals surface area contributed by atoms with Gasteiger partial charge in [-0.15, -0.1) is 0 Å². The number of nitrogens with zero attached hydrogens (tertiary/aromatic N) is 1. The van der Waals surface area contributed by atoms with Gasteiger partial charge in [-0.3, -0.25) is 0 Å². The van der Waals surface area contributed by atoms with E-state index in [2.05, 4.69) is 25.7 Å². The number of hydrogen-bond donors (Lipinski definition) is 1. The van der Waals surface area contributed by atoms with E-state index in [1.807, 2.05) is 17.2 Å². The molecule has 0 aromatic carbocycles. The quantitative estimate of drug-likeness (QED) is 0.546. The van der Waals surface area contributed by atoms with Crippen molar-refractivity contribution in [3.63, 3.8) is 0 Å². The Morgan fingerprint density at radius 1 is 1.64 bits per heavy atom. The van der Waals surface area contributed by atoms with E-state index in [9.17, 15) is 0 Å². The minimum atomic E-state index is 0.381. The first-order valence-electron chi connectivity index (χ1n) is 3.66. The summed E-state index contributed by atoms with van der Waals surface area (Å²) in [7, 11) is 5.69. The minimum absolute atomic E-state index is 0.381. The van der Waals surface area contributed by atoms with Gasteiger partial charge in [-0.05, 0) is 0 Å². The Morgan fingerprint density at radius 2 is 2.27 bits per heavy atom.